The number of nitrogens with one attached hydrogen (secondary N) is 1. The lowest BCUT2D eigenvalue weighted by Crippen LogP contribution is -2.32. The summed E-state index contributed by atoms with van der Waals surface area (Å²) in [5.74, 6) is 0.984. The second-order valence-electron chi connectivity index (χ2n) is 5.58. The van der Waals surface area contributed by atoms with Crippen LogP contribution in [-0.4, -0.2) is 23.6 Å². The van der Waals surface area contributed by atoms with Gasteiger partial charge in [-0.3, -0.25) is 0 Å². The van der Waals surface area contributed by atoms with Crippen molar-refractivity contribution in [3.05, 3.63) is 17.8 Å². The van der Waals surface area contributed by atoms with Gasteiger partial charge in [0.05, 0.1) is 24.1 Å². The molecular weight excluding hydrogens is 266 g/mol. The highest BCUT2D eigenvalue weighted by Crippen LogP contribution is 2.29. The van der Waals surface area contributed by atoms with Crippen LogP contribution in [0.3, 0.4) is 0 Å². The van der Waals surface area contributed by atoms with E-state index in [2.05, 4.69) is 17.2 Å². The molecule has 2 atom stereocenters. The second-order valence-corrected chi connectivity index (χ2v) is 5.58. The molecule has 1 heterocycles. The van der Waals surface area contributed by atoms with Gasteiger partial charge < -0.3 is 15.8 Å². The number of esters is 1. The number of anilines is 2. The zero-order valence-electron chi connectivity index (χ0n) is 12.9. The van der Waals surface area contributed by atoms with Crippen molar-refractivity contribution in [1.29, 1.82) is 0 Å². The van der Waals surface area contributed by atoms with E-state index >= 15 is 0 Å². The molecule has 3 N–H and O–H groups in total. The number of nitrogens with two attached hydrogens (primary N) is 1. The van der Waals surface area contributed by atoms with Crippen molar-refractivity contribution >= 4 is 17.5 Å². The lowest BCUT2D eigenvalue weighted by atomic mass is 9.83. The third kappa shape index (κ3) is 3.86. The molecule has 5 heteroatoms. The maximum absolute atomic E-state index is 11.9. The highest BCUT2D eigenvalue weighted by molar-refractivity contribution is 5.95. The molecule has 0 radical (unpaired) electrons. The third-order valence-corrected chi connectivity index (χ3v) is 4.20. The number of rotatable bonds is 5. The number of hydrogen-bond acceptors (Lipinski definition) is 5. The van der Waals surface area contributed by atoms with Crippen molar-refractivity contribution in [1.82, 2.24) is 4.98 Å². The normalized spacial score (nSPS) is 21.8. The van der Waals surface area contributed by atoms with Gasteiger partial charge in [0.2, 0.25) is 0 Å². The highest BCUT2D eigenvalue weighted by atomic mass is 16.5. The molecule has 0 spiro atoms. The molecule has 1 aliphatic rings. The first-order chi connectivity index (χ1) is 10.2. The number of carbonyl (C=O) groups excluding carboxylic acids is 1. The van der Waals surface area contributed by atoms with Gasteiger partial charge in [-0.1, -0.05) is 26.2 Å². The fourth-order valence-corrected chi connectivity index (χ4v) is 3.01. The van der Waals surface area contributed by atoms with E-state index < -0.39 is 5.97 Å². The zero-order chi connectivity index (χ0) is 15.2. The van der Waals surface area contributed by atoms with Crippen LogP contribution in [0.2, 0.25) is 0 Å². The van der Waals surface area contributed by atoms with Crippen LogP contribution in [0.15, 0.2) is 12.3 Å². The van der Waals surface area contributed by atoms with E-state index in [-0.39, 0.29) is 0 Å². The monoisotopic (exact) mass is 291 g/mol. The van der Waals surface area contributed by atoms with Crippen LogP contribution in [0.4, 0.5) is 11.5 Å². The lowest BCUT2D eigenvalue weighted by molar-refractivity contribution is 0.0527. The van der Waals surface area contributed by atoms with Gasteiger partial charge in [-0.15, -0.1) is 0 Å². The van der Waals surface area contributed by atoms with Gasteiger partial charge in [0.1, 0.15) is 5.82 Å². The first kappa shape index (κ1) is 15.6. The van der Waals surface area contributed by atoms with Crippen LogP contribution in [-0.2, 0) is 4.74 Å². The molecule has 0 aromatic carbocycles. The van der Waals surface area contributed by atoms with Gasteiger partial charge in [0, 0.05) is 6.04 Å². The maximum atomic E-state index is 11.9. The largest absolute Gasteiger partial charge is 0.462 e. The number of aromatic nitrogens is 1. The van der Waals surface area contributed by atoms with Crippen molar-refractivity contribution in [3.63, 3.8) is 0 Å². The van der Waals surface area contributed by atoms with Gasteiger partial charge in [-0.05, 0) is 31.7 Å². The average molecular weight is 291 g/mol. The van der Waals surface area contributed by atoms with E-state index in [4.69, 9.17) is 10.5 Å². The summed E-state index contributed by atoms with van der Waals surface area (Å²) in [5.41, 5.74) is 6.56. The Morgan fingerprint density at radius 1 is 1.43 bits per heavy atom. The molecule has 2 unspecified atom stereocenters. The van der Waals surface area contributed by atoms with Crippen LogP contribution in [0, 0.1) is 5.92 Å². The number of nitrogens with zero attached hydrogens (tertiary/aromatic N) is 1. The number of hydrogen-bond donors (Lipinski definition) is 2. The average Bonchev–Trinajstić information content (AvgIpc) is 2.50. The second kappa shape index (κ2) is 7.29. The van der Waals surface area contributed by atoms with Crippen molar-refractivity contribution in [3.8, 4) is 0 Å². The molecule has 1 aliphatic carbocycles. The molecule has 21 heavy (non-hydrogen) atoms. The fourth-order valence-electron chi connectivity index (χ4n) is 3.01. The Labute approximate surface area is 126 Å². The summed E-state index contributed by atoms with van der Waals surface area (Å²) in [4.78, 5) is 16.2. The Morgan fingerprint density at radius 2 is 2.19 bits per heavy atom. The quantitative estimate of drug-likeness (QED) is 0.814. The SMILES string of the molecule is CCOC(=O)c1cc(NC2CCCCC2CC)ncc1N. The number of carbonyl (C=O) groups is 1. The number of pyridine rings is 1. The topological polar surface area (TPSA) is 77.2 Å². The summed E-state index contributed by atoms with van der Waals surface area (Å²) in [6.45, 7) is 4.34. The van der Waals surface area contributed by atoms with Crippen LogP contribution in [0.25, 0.3) is 0 Å². The van der Waals surface area contributed by atoms with Gasteiger partial charge in [0.25, 0.3) is 0 Å². The van der Waals surface area contributed by atoms with E-state index in [9.17, 15) is 4.79 Å². The van der Waals surface area contributed by atoms with Crippen molar-refractivity contribution in [2.45, 2.75) is 52.0 Å². The molecule has 0 bridgehead atoms. The van der Waals surface area contributed by atoms with E-state index in [1.807, 2.05) is 0 Å². The maximum Gasteiger partial charge on any atom is 0.340 e. The fraction of sp³-hybridized carbons (Fsp3) is 0.625. The molecular formula is C16H25N3O2. The first-order valence-corrected chi connectivity index (χ1v) is 7.84. The minimum Gasteiger partial charge on any atom is -0.462 e. The van der Waals surface area contributed by atoms with Crippen molar-refractivity contribution in [2.24, 2.45) is 5.92 Å². The van der Waals surface area contributed by atoms with Gasteiger partial charge in [0.15, 0.2) is 0 Å². The molecule has 1 fully saturated rings. The van der Waals surface area contributed by atoms with Crippen LogP contribution in [0.1, 0.15) is 56.3 Å². The molecule has 1 aromatic rings. The highest BCUT2D eigenvalue weighted by Gasteiger charge is 2.24. The van der Waals surface area contributed by atoms with Gasteiger partial charge >= 0.3 is 5.97 Å². The molecule has 0 amide bonds. The van der Waals surface area contributed by atoms with E-state index in [1.165, 1.54) is 25.5 Å². The Balaban J connectivity index is 2.13. The molecule has 1 saturated carbocycles. The Morgan fingerprint density at radius 3 is 2.90 bits per heavy atom. The summed E-state index contributed by atoms with van der Waals surface area (Å²) in [5, 5.41) is 3.47. The molecule has 5 nitrogen and oxygen atoms in total. The molecule has 0 saturated heterocycles. The van der Waals surface area contributed by atoms with E-state index in [1.54, 1.807) is 13.0 Å². The van der Waals surface area contributed by atoms with Crippen molar-refractivity contribution < 1.29 is 9.53 Å². The third-order valence-electron chi connectivity index (χ3n) is 4.20. The number of nitrogen functional groups attached to an aromatic ring is 1. The van der Waals surface area contributed by atoms with E-state index in [0.717, 1.165) is 12.8 Å². The smallest absolute Gasteiger partial charge is 0.340 e. The summed E-state index contributed by atoms with van der Waals surface area (Å²) in [7, 11) is 0. The van der Waals surface area contributed by atoms with Crippen LogP contribution >= 0.6 is 0 Å². The molecule has 0 aliphatic heterocycles. The Hall–Kier alpha value is -1.78. The molecule has 116 valence electrons. The standard InChI is InChI=1S/C16H25N3O2/c1-3-11-7-5-6-8-14(11)19-15-9-12(13(17)10-18-15)16(20)21-4-2/h9-11,14H,3-8,17H2,1-2H3,(H,18,19). The first-order valence-electron chi connectivity index (χ1n) is 7.84. The van der Waals surface area contributed by atoms with E-state index in [0.29, 0.717) is 35.6 Å². The minimum absolute atomic E-state index is 0.337. The van der Waals surface area contributed by atoms with Crippen molar-refractivity contribution in [2.75, 3.05) is 17.7 Å². The zero-order valence-corrected chi connectivity index (χ0v) is 12.9. The van der Waals surface area contributed by atoms with Crippen LogP contribution < -0.4 is 11.1 Å². The summed E-state index contributed by atoms with van der Waals surface area (Å²) in [6.07, 6.45) is 7.65. The van der Waals surface area contributed by atoms with Gasteiger partial charge in [-0.2, -0.15) is 0 Å². The predicted molar refractivity (Wildman–Crippen MR) is 84.3 cm³/mol. The molecule has 1 aromatic heterocycles. The minimum atomic E-state index is -0.392. The summed E-state index contributed by atoms with van der Waals surface area (Å²) < 4.78 is 5.02. The predicted octanol–water partition coefficient (Wildman–Crippen LogP) is 3.22. The van der Waals surface area contributed by atoms with Crippen LogP contribution in [0.5, 0.6) is 0 Å². The Bertz CT molecular complexity index is 490. The summed E-state index contributed by atoms with van der Waals surface area (Å²) in [6, 6.07) is 2.13. The Kier molecular flexibility index (Phi) is 5.42. The number of ether oxygens (including phenoxy) is 1. The van der Waals surface area contributed by atoms with Gasteiger partial charge in [-0.25, -0.2) is 9.78 Å². The lowest BCUT2D eigenvalue weighted by Gasteiger charge is -2.32. The molecule has 2 rings (SSSR count). The summed E-state index contributed by atoms with van der Waals surface area (Å²) >= 11 is 0.